The van der Waals surface area contributed by atoms with E-state index in [0.717, 1.165) is 35.1 Å². The Balaban J connectivity index is 0.000000225. The van der Waals surface area contributed by atoms with Crippen LogP contribution in [-0.4, -0.2) is 33.9 Å². The Morgan fingerprint density at radius 2 is 1.92 bits per heavy atom. The van der Waals surface area contributed by atoms with Crippen LogP contribution in [0.3, 0.4) is 0 Å². The molecule has 1 atom stereocenters. The molecule has 2 aromatic heterocycles. The first-order valence-corrected chi connectivity index (χ1v) is 14.3. The lowest BCUT2D eigenvalue weighted by Crippen LogP contribution is -2.35. The van der Waals surface area contributed by atoms with Crippen LogP contribution in [0.5, 0.6) is 0 Å². The number of hydrogen-bond acceptors (Lipinski definition) is 5. The molecule has 7 heteroatoms. The van der Waals surface area contributed by atoms with E-state index in [0.29, 0.717) is 17.4 Å². The first-order chi connectivity index (χ1) is 17.4. The number of fused-ring (bicyclic) bond motifs is 1. The van der Waals surface area contributed by atoms with Crippen LogP contribution in [-0.2, 0) is 4.79 Å². The molecule has 3 N–H and O–H groups in total. The predicted octanol–water partition coefficient (Wildman–Crippen LogP) is 6.71. The van der Waals surface area contributed by atoms with E-state index in [4.69, 9.17) is 0 Å². The third-order valence-corrected chi connectivity index (χ3v) is 7.37. The molecule has 1 aromatic carbocycles. The monoisotopic (exact) mass is 509 g/mol. The van der Waals surface area contributed by atoms with Crippen LogP contribution in [0.25, 0.3) is 16.7 Å². The maximum atomic E-state index is 11.9. The van der Waals surface area contributed by atoms with E-state index in [1.165, 1.54) is 51.4 Å². The average Bonchev–Trinajstić information content (AvgIpc) is 3.37. The Labute approximate surface area is 220 Å². The maximum absolute atomic E-state index is 11.9. The quantitative estimate of drug-likeness (QED) is 0.315. The van der Waals surface area contributed by atoms with E-state index in [-0.39, 0.29) is 12.5 Å². The molecule has 1 amide bonds. The van der Waals surface area contributed by atoms with Gasteiger partial charge in [0.2, 0.25) is 5.91 Å². The zero-order valence-corrected chi connectivity index (χ0v) is 23.0. The lowest BCUT2D eigenvalue weighted by molar-refractivity contribution is -0.120. The number of amides is 1. The Bertz CT molecular complexity index is 1020. The van der Waals surface area contributed by atoms with Crippen LogP contribution in [0, 0.1) is 24.7 Å². The number of carbonyl (C=O) groups is 1. The SMILES string of the molecule is C=C(NCC(=O)NC[C@@H](C)CC1CC1)c1nc2ccccc2[nH]1.CC1CCCCC1.Cc1cscn1. The molecule has 2 aliphatic rings. The van der Waals surface area contributed by atoms with Gasteiger partial charge in [0, 0.05) is 17.6 Å². The highest BCUT2D eigenvalue weighted by molar-refractivity contribution is 7.07. The third kappa shape index (κ3) is 10.5. The first-order valence-electron chi connectivity index (χ1n) is 13.4. The molecule has 2 heterocycles. The Morgan fingerprint density at radius 3 is 2.47 bits per heavy atom. The molecule has 2 fully saturated rings. The van der Waals surface area contributed by atoms with Gasteiger partial charge in [-0.25, -0.2) is 4.98 Å². The number of benzene rings is 1. The smallest absolute Gasteiger partial charge is 0.239 e. The van der Waals surface area contributed by atoms with E-state index in [9.17, 15) is 4.79 Å². The lowest BCUT2D eigenvalue weighted by atomic mass is 9.91. The van der Waals surface area contributed by atoms with Gasteiger partial charge >= 0.3 is 0 Å². The number of aromatic amines is 1. The zero-order chi connectivity index (χ0) is 25.8. The number of H-pyrrole nitrogens is 1. The van der Waals surface area contributed by atoms with Crippen molar-refractivity contribution in [1.82, 2.24) is 25.6 Å². The van der Waals surface area contributed by atoms with Crippen molar-refractivity contribution in [1.29, 1.82) is 0 Å². The number of aromatic nitrogens is 3. The van der Waals surface area contributed by atoms with Crippen LogP contribution in [0.2, 0.25) is 0 Å². The summed E-state index contributed by atoms with van der Waals surface area (Å²) in [6.45, 7) is 11.4. The summed E-state index contributed by atoms with van der Waals surface area (Å²) in [5.41, 5.74) is 5.42. The standard InChI is InChI=1S/C18H24N4O.C7H14.C4H5NS/c1-12(9-14-7-8-14)10-20-17(23)11-19-13(2)18-21-15-5-3-4-6-16(15)22-18;1-7-5-3-2-4-6-7;1-4-2-6-3-5-4/h3-6,12,14,19H,2,7-11H2,1H3,(H,20,23)(H,21,22);7H,2-6H2,1H3;2-3H,1H3/t12-;;/m0../s1. The summed E-state index contributed by atoms with van der Waals surface area (Å²) in [5.74, 6) is 3.14. The van der Waals surface area contributed by atoms with Crippen molar-refractivity contribution in [2.24, 2.45) is 17.8 Å². The number of carbonyl (C=O) groups excluding carboxylic acids is 1. The van der Waals surface area contributed by atoms with E-state index in [1.807, 2.05) is 42.1 Å². The predicted molar refractivity (Wildman–Crippen MR) is 152 cm³/mol. The van der Waals surface area contributed by atoms with Gasteiger partial charge in [-0.3, -0.25) is 9.78 Å². The van der Waals surface area contributed by atoms with Crippen molar-refractivity contribution in [3.63, 3.8) is 0 Å². The topological polar surface area (TPSA) is 82.7 Å². The highest BCUT2D eigenvalue weighted by Crippen LogP contribution is 2.34. The molecule has 0 spiro atoms. The Morgan fingerprint density at radius 1 is 1.17 bits per heavy atom. The Kier molecular flexibility index (Phi) is 11.5. The third-order valence-electron chi connectivity index (χ3n) is 6.67. The molecule has 3 aromatic rings. The molecule has 0 bridgehead atoms. The van der Waals surface area contributed by atoms with Gasteiger partial charge in [0.05, 0.1) is 28.8 Å². The molecule has 5 rings (SSSR count). The van der Waals surface area contributed by atoms with Crippen LogP contribution in [0.15, 0.2) is 41.7 Å². The summed E-state index contributed by atoms with van der Waals surface area (Å²) >= 11 is 1.63. The van der Waals surface area contributed by atoms with Gasteiger partial charge in [-0.05, 0) is 43.2 Å². The highest BCUT2D eigenvalue weighted by Gasteiger charge is 2.23. The molecule has 0 radical (unpaired) electrons. The molecule has 196 valence electrons. The number of nitrogens with one attached hydrogen (secondary N) is 3. The number of thiazole rings is 1. The second kappa shape index (κ2) is 14.8. The summed E-state index contributed by atoms with van der Waals surface area (Å²) in [7, 11) is 0. The van der Waals surface area contributed by atoms with Crippen molar-refractivity contribution in [2.75, 3.05) is 13.1 Å². The highest BCUT2D eigenvalue weighted by atomic mass is 32.1. The summed E-state index contributed by atoms with van der Waals surface area (Å²) in [6, 6.07) is 7.81. The molecular weight excluding hydrogens is 466 g/mol. The summed E-state index contributed by atoms with van der Waals surface area (Å²) in [6.07, 6.45) is 11.4. The molecule has 2 saturated carbocycles. The van der Waals surface area contributed by atoms with Crippen molar-refractivity contribution < 1.29 is 4.79 Å². The minimum Gasteiger partial charge on any atom is -0.374 e. The average molecular weight is 510 g/mol. The van der Waals surface area contributed by atoms with Crippen molar-refractivity contribution in [3.8, 4) is 0 Å². The zero-order valence-electron chi connectivity index (χ0n) is 22.2. The molecule has 0 saturated heterocycles. The van der Waals surface area contributed by atoms with Gasteiger partial charge in [-0.15, -0.1) is 11.3 Å². The summed E-state index contributed by atoms with van der Waals surface area (Å²) in [4.78, 5) is 23.5. The Hall–Kier alpha value is -2.67. The van der Waals surface area contributed by atoms with Gasteiger partial charge in [0.1, 0.15) is 0 Å². The van der Waals surface area contributed by atoms with E-state index < -0.39 is 0 Å². The molecule has 6 nitrogen and oxygen atoms in total. The van der Waals surface area contributed by atoms with E-state index >= 15 is 0 Å². The van der Waals surface area contributed by atoms with Crippen LogP contribution >= 0.6 is 11.3 Å². The molecule has 0 aliphatic heterocycles. The van der Waals surface area contributed by atoms with Crippen molar-refractivity contribution >= 4 is 34.0 Å². The van der Waals surface area contributed by atoms with Gasteiger partial charge < -0.3 is 15.6 Å². The van der Waals surface area contributed by atoms with Gasteiger partial charge in [0.25, 0.3) is 0 Å². The van der Waals surface area contributed by atoms with Crippen LogP contribution in [0.1, 0.15) is 76.7 Å². The van der Waals surface area contributed by atoms with E-state index in [2.05, 4.69) is 46.0 Å². The fraction of sp³-hybridized carbons (Fsp3) is 0.552. The number of hydrogen-bond donors (Lipinski definition) is 3. The number of rotatable bonds is 8. The van der Waals surface area contributed by atoms with Crippen molar-refractivity contribution in [2.45, 2.75) is 72.1 Å². The first kappa shape index (κ1) is 27.9. The van der Waals surface area contributed by atoms with E-state index in [1.54, 1.807) is 11.3 Å². The minimum absolute atomic E-state index is 0.00934. The normalized spacial score (nSPS) is 16.2. The molecule has 36 heavy (non-hydrogen) atoms. The fourth-order valence-electron chi connectivity index (χ4n) is 4.30. The van der Waals surface area contributed by atoms with Crippen LogP contribution < -0.4 is 10.6 Å². The summed E-state index contributed by atoms with van der Waals surface area (Å²) < 4.78 is 0. The molecular formula is C29H43N5OS. The lowest BCUT2D eigenvalue weighted by Gasteiger charge is -2.15. The van der Waals surface area contributed by atoms with Crippen LogP contribution in [0.4, 0.5) is 0 Å². The number of imidazole rings is 1. The van der Waals surface area contributed by atoms with Gasteiger partial charge in [-0.2, -0.15) is 0 Å². The van der Waals surface area contributed by atoms with Crippen molar-refractivity contribution in [3.05, 3.63) is 53.3 Å². The summed E-state index contributed by atoms with van der Waals surface area (Å²) in [5, 5.41) is 8.03. The number of aryl methyl sites for hydroxylation is 1. The number of para-hydroxylation sites is 2. The number of nitrogens with zero attached hydrogens (tertiary/aromatic N) is 2. The fourth-order valence-corrected chi connectivity index (χ4v) is 4.85. The maximum Gasteiger partial charge on any atom is 0.239 e. The van der Waals surface area contributed by atoms with Gasteiger partial charge in [0.15, 0.2) is 5.82 Å². The molecule has 0 unspecified atom stereocenters. The minimum atomic E-state index is -0.00934. The molecule has 2 aliphatic carbocycles. The van der Waals surface area contributed by atoms with Gasteiger partial charge in [-0.1, -0.05) is 77.5 Å². The largest absolute Gasteiger partial charge is 0.374 e. The second-order valence-electron chi connectivity index (χ2n) is 10.4. The second-order valence-corrected chi connectivity index (χ2v) is 11.1.